The zero-order chi connectivity index (χ0) is 20.1. The molecule has 0 unspecified atom stereocenters. The summed E-state index contributed by atoms with van der Waals surface area (Å²) in [5.74, 6) is 1.11. The number of benzene rings is 2. The van der Waals surface area contributed by atoms with Gasteiger partial charge in [0.2, 0.25) is 5.91 Å². The maximum atomic E-state index is 12.4. The van der Waals surface area contributed by atoms with Gasteiger partial charge in [-0.3, -0.25) is 4.79 Å². The molecule has 28 heavy (non-hydrogen) atoms. The van der Waals surface area contributed by atoms with Crippen LogP contribution in [0.3, 0.4) is 0 Å². The minimum absolute atomic E-state index is 0.0522. The summed E-state index contributed by atoms with van der Waals surface area (Å²) in [7, 11) is 0. The summed E-state index contributed by atoms with van der Waals surface area (Å²) in [5, 5.41) is 13.0. The molecule has 1 aromatic heterocycles. The van der Waals surface area contributed by atoms with Crippen molar-refractivity contribution in [3.8, 4) is 0 Å². The molecule has 1 heterocycles. The lowest BCUT2D eigenvalue weighted by Crippen LogP contribution is -2.15. The van der Waals surface area contributed by atoms with Crippen LogP contribution in [0, 0.1) is 13.8 Å². The minimum atomic E-state index is -0.0522. The van der Waals surface area contributed by atoms with E-state index in [9.17, 15) is 4.79 Å². The standard InChI is InChI=1S/C21H23ClN4OS/c1-4-26-19(12-16-8-10-17(22)11-9-16)24-25-21(26)28-13-20(27)23-18-7-5-6-14(2)15(18)3/h5-11H,4,12-13H2,1-3H3,(H,23,27). The molecule has 0 fully saturated rings. The van der Waals surface area contributed by atoms with Gasteiger partial charge in [0.15, 0.2) is 5.16 Å². The van der Waals surface area contributed by atoms with E-state index in [0.717, 1.165) is 39.9 Å². The fourth-order valence-corrected chi connectivity index (χ4v) is 3.81. The van der Waals surface area contributed by atoms with Crippen molar-refractivity contribution in [2.24, 2.45) is 0 Å². The molecule has 0 radical (unpaired) electrons. The molecule has 0 bridgehead atoms. The van der Waals surface area contributed by atoms with E-state index in [1.54, 1.807) is 0 Å². The molecule has 3 rings (SSSR count). The van der Waals surface area contributed by atoms with Crippen LogP contribution in [0.2, 0.25) is 5.02 Å². The van der Waals surface area contributed by atoms with Crippen molar-refractivity contribution in [3.63, 3.8) is 0 Å². The summed E-state index contributed by atoms with van der Waals surface area (Å²) in [6.45, 7) is 6.84. The SMILES string of the molecule is CCn1c(Cc2ccc(Cl)cc2)nnc1SCC(=O)Nc1cccc(C)c1C. The Balaban J connectivity index is 1.64. The van der Waals surface area contributed by atoms with E-state index in [0.29, 0.717) is 11.4 Å². The molecule has 146 valence electrons. The predicted molar refractivity (Wildman–Crippen MR) is 115 cm³/mol. The zero-order valence-corrected chi connectivity index (χ0v) is 17.8. The molecule has 0 aliphatic rings. The molecule has 5 nitrogen and oxygen atoms in total. The van der Waals surface area contributed by atoms with Gasteiger partial charge in [-0.2, -0.15) is 0 Å². The maximum absolute atomic E-state index is 12.4. The molecule has 0 aliphatic heterocycles. The molecule has 0 spiro atoms. The molecule has 0 aliphatic carbocycles. The van der Waals surface area contributed by atoms with Crippen LogP contribution in [0.1, 0.15) is 29.4 Å². The average molecular weight is 415 g/mol. The van der Waals surface area contributed by atoms with Gasteiger partial charge in [0.1, 0.15) is 5.82 Å². The Bertz CT molecular complexity index is 969. The second-order valence-corrected chi connectivity index (χ2v) is 7.91. The third-order valence-corrected chi connectivity index (χ3v) is 5.81. The van der Waals surface area contributed by atoms with E-state index in [1.165, 1.54) is 11.8 Å². The third kappa shape index (κ3) is 4.94. The number of hydrogen-bond donors (Lipinski definition) is 1. The number of nitrogens with zero attached hydrogens (tertiary/aromatic N) is 3. The second-order valence-electron chi connectivity index (χ2n) is 6.53. The van der Waals surface area contributed by atoms with Crippen LogP contribution >= 0.6 is 23.4 Å². The van der Waals surface area contributed by atoms with Gasteiger partial charge in [-0.25, -0.2) is 0 Å². The molecule has 1 N–H and O–H groups in total. The lowest BCUT2D eigenvalue weighted by Gasteiger charge is -2.10. The van der Waals surface area contributed by atoms with Gasteiger partial charge in [0, 0.05) is 23.7 Å². The van der Waals surface area contributed by atoms with E-state index in [1.807, 2.05) is 60.9 Å². The highest BCUT2D eigenvalue weighted by Gasteiger charge is 2.14. The Labute approximate surface area is 174 Å². The monoisotopic (exact) mass is 414 g/mol. The molecule has 2 aromatic carbocycles. The zero-order valence-electron chi connectivity index (χ0n) is 16.2. The molecule has 1 amide bonds. The van der Waals surface area contributed by atoms with Crippen LogP contribution in [0.25, 0.3) is 0 Å². The number of carbonyl (C=O) groups is 1. The highest BCUT2D eigenvalue weighted by Crippen LogP contribution is 2.21. The summed E-state index contributed by atoms with van der Waals surface area (Å²) in [5.41, 5.74) is 4.22. The lowest BCUT2D eigenvalue weighted by atomic mass is 10.1. The molecule has 0 saturated heterocycles. The minimum Gasteiger partial charge on any atom is -0.325 e. The van der Waals surface area contributed by atoms with Gasteiger partial charge in [-0.05, 0) is 55.7 Å². The van der Waals surface area contributed by atoms with Crippen molar-refractivity contribution in [1.29, 1.82) is 0 Å². The maximum Gasteiger partial charge on any atom is 0.234 e. The summed E-state index contributed by atoms with van der Waals surface area (Å²) in [6.07, 6.45) is 0.674. The van der Waals surface area contributed by atoms with Gasteiger partial charge in [0.25, 0.3) is 0 Å². The van der Waals surface area contributed by atoms with Crippen molar-refractivity contribution >= 4 is 35.0 Å². The molecule has 3 aromatic rings. The smallest absolute Gasteiger partial charge is 0.234 e. The Morgan fingerprint density at radius 3 is 2.61 bits per heavy atom. The molecule has 7 heteroatoms. The van der Waals surface area contributed by atoms with Crippen LogP contribution in [0.15, 0.2) is 47.6 Å². The number of nitrogens with one attached hydrogen (secondary N) is 1. The number of aryl methyl sites for hydroxylation is 1. The summed E-state index contributed by atoms with van der Waals surface area (Å²) in [4.78, 5) is 12.4. The average Bonchev–Trinajstić information content (AvgIpc) is 3.07. The van der Waals surface area contributed by atoms with Gasteiger partial charge < -0.3 is 9.88 Å². The largest absolute Gasteiger partial charge is 0.325 e. The Kier molecular flexibility index (Phi) is 6.75. The topological polar surface area (TPSA) is 59.8 Å². The van der Waals surface area contributed by atoms with Crippen LogP contribution in [-0.2, 0) is 17.8 Å². The number of hydrogen-bond acceptors (Lipinski definition) is 4. The number of aromatic nitrogens is 3. The van der Waals surface area contributed by atoms with E-state index in [4.69, 9.17) is 11.6 Å². The fraction of sp³-hybridized carbons (Fsp3) is 0.286. The molecular weight excluding hydrogens is 392 g/mol. The first kappa shape index (κ1) is 20.4. The van der Waals surface area contributed by atoms with Gasteiger partial charge in [0.05, 0.1) is 5.75 Å². The molecule has 0 atom stereocenters. The Morgan fingerprint density at radius 1 is 1.14 bits per heavy atom. The quantitative estimate of drug-likeness (QED) is 0.559. The number of anilines is 1. The second kappa shape index (κ2) is 9.26. The highest BCUT2D eigenvalue weighted by atomic mass is 35.5. The van der Waals surface area contributed by atoms with E-state index in [2.05, 4.69) is 22.4 Å². The number of rotatable bonds is 7. The summed E-state index contributed by atoms with van der Waals surface area (Å²) in [6, 6.07) is 13.6. The van der Waals surface area contributed by atoms with Crippen molar-refractivity contribution in [2.45, 2.75) is 38.9 Å². The van der Waals surface area contributed by atoms with E-state index < -0.39 is 0 Å². The highest BCUT2D eigenvalue weighted by molar-refractivity contribution is 7.99. The number of thioether (sulfide) groups is 1. The first-order valence-corrected chi connectivity index (χ1v) is 10.5. The van der Waals surface area contributed by atoms with Crippen molar-refractivity contribution in [2.75, 3.05) is 11.1 Å². The third-order valence-electron chi connectivity index (χ3n) is 4.60. The summed E-state index contributed by atoms with van der Waals surface area (Å²) < 4.78 is 2.05. The van der Waals surface area contributed by atoms with E-state index in [-0.39, 0.29) is 11.7 Å². The normalized spacial score (nSPS) is 10.9. The number of halogens is 1. The van der Waals surface area contributed by atoms with Crippen LogP contribution in [-0.4, -0.2) is 26.4 Å². The molecular formula is C21H23ClN4OS. The first-order chi connectivity index (χ1) is 13.5. The van der Waals surface area contributed by atoms with Crippen LogP contribution in [0.4, 0.5) is 5.69 Å². The predicted octanol–water partition coefficient (Wildman–Crippen LogP) is 4.89. The van der Waals surface area contributed by atoms with Crippen molar-refractivity contribution in [1.82, 2.24) is 14.8 Å². The first-order valence-electron chi connectivity index (χ1n) is 9.13. The van der Waals surface area contributed by atoms with Gasteiger partial charge in [-0.15, -0.1) is 10.2 Å². The van der Waals surface area contributed by atoms with Gasteiger partial charge in [-0.1, -0.05) is 47.6 Å². The van der Waals surface area contributed by atoms with Crippen molar-refractivity contribution < 1.29 is 4.79 Å². The van der Waals surface area contributed by atoms with Crippen LogP contribution < -0.4 is 5.32 Å². The van der Waals surface area contributed by atoms with Crippen molar-refractivity contribution in [3.05, 3.63) is 70.0 Å². The van der Waals surface area contributed by atoms with Gasteiger partial charge >= 0.3 is 0 Å². The van der Waals surface area contributed by atoms with E-state index >= 15 is 0 Å². The van der Waals surface area contributed by atoms with Crippen LogP contribution in [0.5, 0.6) is 0 Å². The number of amides is 1. The fourth-order valence-electron chi connectivity index (χ4n) is 2.86. The molecule has 0 saturated carbocycles. The Hall–Kier alpha value is -2.31. The number of carbonyl (C=O) groups excluding carboxylic acids is 1. The Morgan fingerprint density at radius 2 is 1.89 bits per heavy atom. The summed E-state index contributed by atoms with van der Waals surface area (Å²) >= 11 is 7.35. The lowest BCUT2D eigenvalue weighted by molar-refractivity contribution is -0.113.